The number of carbonyl (C=O) groups excluding carboxylic acids is 1. The lowest BCUT2D eigenvalue weighted by molar-refractivity contribution is -0.123. The third-order valence-electron chi connectivity index (χ3n) is 7.01. The van der Waals surface area contributed by atoms with Crippen molar-refractivity contribution < 1.29 is 19.4 Å². The molecular formula is C29H33N3O4. The van der Waals surface area contributed by atoms with E-state index in [4.69, 9.17) is 15.2 Å². The number of fused-ring (bicyclic) bond motifs is 2. The summed E-state index contributed by atoms with van der Waals surface area (Å²) in [6.45, 7) is 5.79. The minimum Gasteiger partial charge on any atom is -0.508 e. The summed E-state index contributed by atoms with van der Waals surface area (Å²) in [6.07, 6.45) is 1.96. The van der Waals surface area contributed by atoms with Crippen molar-refractivity contribution >= 4 is 11.6 Å². The van der Waals surface area contributed by atoms with Crippen LogP contribution in [0.5, 0.6) is 17.2 Å². The number of anilines is 1. The van der Waals surface area contributed by atoms with Crippen LogP contribution in [-0.2, 0) is 17.6 Å². The lowest BCUT2D eigenvalue weighted by Crippen LogP contribution is -2.44. The number of phenolic OH excluding ortho intramolecular Hbond substituents is 1. The van der Waals surface area contributed by atoms with Crippen molar-refractivity contribution in [1.29, 1.82) is 0 Å². The lowest BCUT2D eigenvalue weighted by Gasteiger charge is -2.29. The van der Waals surface area contributed by atoms with Gasteiger partial charge in [0, 0.05) is 12.2 Å². The summed E-state index contributed by atoms with van der Waals surface area (Å²) in [7, 11) is 0. The van der Waals surface area contributed by atoms with E-state index in [1.807, 2.05) is 26.0 Å². The van der Waals surface area contributed by atoms with Gasteiger partial charge in [-0.1, -0.05) is 18.2 Å². The van der Waals surface area contributed by atoms with Crippen molar-refractivity contribution in [3.05, 3.63) is 81.9 Å². The highest BCUT2D eigenvalue weighted by Gasteiger charge is 2.25. The van der Waals surface area contributed by atoms with E-state index in [9.17, 15) is 9.90 Å². The number of carbonyl (C=O) groups is 1. The standard InChI is InChI=1S/C29H33N3O4/c1-17-11-21(33)12-18(2)22(17)16-24(30)29(34)32-26-7-8-31-25-5-3-19(14-23(25)26)13-20-4-6-27-28(15-20)36-10-9-35-27/h3-6,11-12,14-15,24,26,31,33H,7-10,13,16,30H2,1-2H3,(H,32,34). The van der Waals surface area contributed by atoms with Crippen LogP contribution in [0.25, 0.3) is 0 Å². The molecule has 188 valence electrons. The predicted octanol–water partition coefficient (Wildman–Crippen LogP) is 3.91. The summed E-state index contributed by atoms with van der Waals surface area (Å²) in [4.78, 5) is 13.1. The molecule has 7 nitrogen and oxygen atoms in total. The molecular weight excluding hydrogens is 454 g/mol. The van der Waals surface area contributed by atoms with Gasteiger partial charge >= 0.3 is 0 Å². The molecule has 3 aromatic carbocycles. The number of aryl methyl sites for hydroxylation is 2. The molecule has 0 saturated heterocycles. The van der Waals surface area contributed by atoms with Crippen molar-refractivity contribution in [2.75, 3.05) is 25.1 Å². The smallest absolute Gasteiger partial charge is 0.237 e. The molecule has 2 unspecified atom stereocenters. The van der Waals surface area contributed by atoms with Gasteiger partial charge in [-0.25, -0.2) is 0 Å². The summed E-state index contributed by atoms with van der Waals surface area (Å²) < 4.78 is 11.4. The van der Waals surface area contributed by atoms with E-state index in [-0.39, 0.29) is 17.7 Å². The molecule has 7 heteroatoms. The monoisotopic (exact) mass is 487 g/mol. The van der Waals surface area contributed by atoms with E-state index >= 15 is 0 Å². The highest BCUT2D eigenvalue weighted by molar-refractivity contribution is 5.82. The number of hydrogen-bond donors (Lipinski definition) is 4. The first-order valence-electron chi connectivity index (χ1n) is 12.5. The molecule has 5 N–H and O–H groups in total. The third-order valence-corrected chi connectivity index (χ3v) is 7.01. The third kappa shape index (κ3) is 5.11. The second-order valence-corrected chi connectivity index (χ2v) is 9.72. The maximum absolute atomic E-state index is 13.1. The Kier molecular flexibility index (Phi) is 6.74. The maximum atomic E-state index is 13.1. The zero-order valence-corrected chi connectivity index (χ0v) is 20.8. The molecule has 0 fully saturated rings. The Balaban J connectivity index is 1.30. The number of nitrogens with one attached hydrogen (secondary N) is 2. The van der Waals surface area contributed by atoms with Gasteiger partial charge in [0.05, 0.1) is 12.1 Å². The van der Waals surface area contributed by atoms with E-state index in [1.54, 1.807) is 12.1 Å². The fourth-order valence-electron chi connectivity index (χ4n) is 5.15. The van der Waals surface area contributed by atoms with Gasteiger partial charge in [-0.05, 0) is 96.8 Å². The van der Waals surface area contributed by atoms with E-state index in [2.05, 4.69) is 34.9 Å². The number of rotatable bonds is 6. The normalized spacial score (nSPS) is 17.0. The Hall–Kier alpha value is -3.71. The number of aromatic hydroxyl groups is 1. The first-order chi connectivity index (χ1) is 17.4. The maximum Gasteiger partial charge on any atom is 0.237 e. The predicted molar refractivity (Wildman–Crippen MR) is 140 cm³/mol. The van der Waals surface area contributed by atoms with Crippen molar-refractivity contribution in [2.45, 2.75) is 45.2 Å². The van der Waals surface area contributed by atoms with Crippen LogP contribution in [0.15, 0.2) is 48.5 Å². The zero-order chi connectivity index (χ0) is 25.2. The number of benzene rings is 3. The van der Waals surface area contributed by atoms with E-state index in [0.29, 0.717) is 19.6 Å². The van der Waals surface area contributed by atoms with E-state index in [1.165, 1.54) is 0 Å². The van der Waals surface area contributed by atoms with Crippen LogP contribution >= 0.6 is 0 Å². The Bertz CT molecular complexity index is 1270. The van der Waals surface area contributed by atoms with Crippen molar-refractivity contribution in [3.8, 4) is 17.2 Å². The molecule has 36 heavy (non-hydrogen) atoms. The lowest BCUT2D eigenvalue weighted by atomic mass is 9.92. The summed E-state index contributed by atoms with van der Waals surface area (Å²) in [5, 5.41) is 16.4. The minimum absolute atomic E-state index is 0.109. The largest absolute Gasteiger partial charge is 0.508 e. The molecule has 0 spiro atoms. The van der Waals surface area contributed by atoms with Gasteiger partial charge in [-0.3, -0.25) is 4.79 Å². The molecule has 3 aromatic rings. The molecule has 0 radical (unpaired) electrons. The quantitative estimate of drug-likeness (QED) is 0.420. The van der Waals surface area contributed by atoms with Gasteiger partial charge < -0.3 is 30.9 Å². The van der Waals surface area contributed by atoms with Gasteiger partial charge in [-0.2, -0.15) is 0 Å². The van der Waals surface area contributed by atoms with Gasteiger partial charge in [0.15, 0.2) is 11.5 Å². The van der Waals surface area contributed by atoms with Crippen LogP contribution < -0.4 is 25.8 Å². The summed E-state index contributed by atoms with van der Waals surface area (Å²) in [6, 6.07) is 15.1. The number of hydrogen-bond acceptors (Lipinski definition) is 6. The molecule has 2 aliphatic rings. The minimum atomic E-state index is -0.675. The Morgan fingerprint density at radius 1 is 1.06 bits per heavy atom. The molecule has 0 bridgehead atoms. The van der Waals surface area contributed by atoms with Crippen molar-refractivity contribution in [2.24, 2.45) is 5.73 Å². The van der Waals surface area contributed by atoms with Gasteiger partial charge in [0.25, 0.3) is 0 Å². The van der Waals surface area contributed by atoms with Crippen LogP contribution in [0.3, 0.4) is 0 Å². The van der Waals surface area contributed by atoms with E-state index in [0.717, 1.165) is 70.0 Å². The van der Waals surface area contributed by atoms with Crippen LogP contribution in [0.4, 0.5) is 5.69 Å². The Labute approximate surface area is 211 Å². The molecule has 0 aromatic heterocycles. The SMILES string of the molecule is Cc1cc(O)cc(C)c1CC(N)C(=O)NC1CCNc2ccc(Cc3ccc4c(c3)OCCO4)cc21. The highest BCUT2D eigenvalue weighted by Crippen LogP contribution is 2.34. The number of nitrogens with two attached hydrogens (primary N) is 1. The van der Waals surface area contributed by atoms with Crippen LogP contribution in [0, 0.1) is 13.8 Å². The summed E-state index contributed by atoms with van der Waals surface area (Å²) in [5.74, 6) is 1.63. The second-order valence-electron chi connectivity index (χ2n) is 9.72. The van der Waals surface area contributed by atoms with Crippen LogP contribution in [0.1, 0.15) is 45.8 Å². The Morgan fingerprint density at radius 2 is 1.75 bits per heavy atom. The van der Waals surface area contributed by atoms with E-state index < -0.39 is 6.04 Å². The van der Waals surface area contributed by atoms with Crippen molar-refractivity contribution in [3.63, 3.8) is 0 Å². The summed E-state index contributed by atoms with van der Waals surface area (Å²) >= 11 is 0. The molecule has 2 atom stereocenters. The molecule has 1 amide bonds. The Morgan fingerprint density at radius 3 is 2.53 bits per heavy atom. The van der Waals surface area contributed by atoms with Gasteiger partial charge in [0.2, 0.25) is 5.91 Å². The average Bonchev–Trinajstić information content (AvgIpc) is 2.86. The number of ether oxygens (including phenoxy) is 2. The first kappa shape index (κ1) is 24.0. The molecule has 2 aliphatic heterocycles. The summed E-state index contributed by atoms with van der Waals surface area (Å²) in [5.41, 5.74) is 13.6. The molecule has 2 heterocycles. The second kappa shape index (κ2) is 10.1. The van der Waals surface area contributed by atoms with Crippen LogP contribution in [0.2, 0.25) is 0 Å². The topological polar surface area (TPSA) is 106 Å². The van der Waals surface area contributed by atoms with Crippen LogP contribution in [-0.4, -0.2) is 36.8 Å². The van der Waals surface area contributed by atoms with Crippen molar-refractivity contribution in [1.82, 2.24) is 5.32 Å². The molecule has 0 aliphatic carbocycles. The zero-order valence-electron chi connectivity index (χ0n) is 20.8. The average molecular weight is 488 g/mol. The fourth-order valence-corrected chi connectivity index (χ4v) is 5.15. The fraction of sp³-hybridized carbons (Fsp3) is 0.345. The van der Waals surface area contributed by atoms with Gasteiger partial charge in [0.1, 0.15) is 19.0 Å². The molecule has 0 saturated carbocycles. The molecule has 5 rings (SSSR count). The number of phenols is 1. The number of amides is 1. The highest BCUT2D eigenvalue weighted by atomic mass is 16.6. The first-order valence-corrected chi connectivity index (χ1v) is 12.5. The van der Waals surface area contributed by atoms with Gasteiger partial charge in [-0.15, -0.1) is 0 Å².